The van der Waals surface area contributed by atoms with E-state index in [4.69, 9.17) is 5.73 Å². The van der Waals surface area contributed by atoms with Crippen LogP contribution in [0.25, 0.3) is 0 Å². The summed E-state index contributed by atoms with van der Waals surface area (Å²) < 4.78 is 0. The van der Waals surface area contributed by atoms with Crippen LogP contribution in [0.1, 0.15) is 22.6 Å². The minimum atomic E-state index is -0.682. The average Bonchev–Trinajstić information content (AvgIpc) is 2.91. The van der Waals surface area contributed by atoms with Gasteiger partial charge in [-0.05, 0) is 43.0 Å². The normalized spacial score (nSPS) is 21.4. The van der Waals surface area contributed by atoms with Crippen molar-refractivity contribution < 1.29 is 9.59 Å². The van der Waals surface area contributed by atoms with E-state index in [0.29, 0.717) is 0 Å². The van der Waals surface area contributed by atoms with Crippen molar-refractivity contribution in [3.63, 3.8) is 0 Å². The van der Waals surface area contributed by atoms with E-state index in [0.717, 1.165) is 21.0 Å². The van der Waals surface area contributed by atoms with Gasteiger partial charge in [0, 0.05) is 9.77 Å². The highest BCUT2D eigenvalue weighted by Gasteiger charge is 2.37. The molecule has 0 radical (unpaired) electrons. The van der Waals surface area contributed by atoms with Gasteiger partial charge in [0.15, 0.2) is 0 Å². The molecule has 0 bridgehead atoms. The number of hydrogen-bond acceptors (Lipinski definition) is 5. The monoisotopic (exact) mass is 361 g/mol. The van der Waals surface area contributed by atoms with Crippen LogP contribution in [-0.4, -0.2) is 23.9 Å². The molecule has 0 fully saturated rings. The van der Waals surface area contributed by atoms with Gasteiger partial charge in [-0.3, -0.25) is 9.59 Å². The summed E-state index contributed by atoms with van der Waals surface area (Å²) in [4.78, 5) is 27.0. The Hall–Kier alpha value is -1.83. The zero-order chi connectivity index (χ0) is 17.3. The molecular weight excluding hydrogens is 342 g/mol. The van der Waals surface area contributed by atoms with Crippen molar-refractivity contribution in [1.29, 1.82) is 0 Å². The third kappa shape index (κ3) is 3.33. The number of amides is 2. The number of carbonyl (C=O) groups is 2. The molecule has 1 aromatic heterocycles. The Bertz CT molecular complexity index is 773. The first-order chi connectivity index (χ1) is 11.5. The molecule has 3 rings (SSSR count). The first-order valence-corrected chi connectivity index (χ1v) is 9.40. The van der Waals surface area contributed by atoms with Gasteiger partial charge in [-0.1, -0.05) is 12.1 Å². The van der Waals surface area contributed by atoms with Gasteiger partial charge in [-0.25, -0.2) is 0 Å². The topological polar surface area (TPSA) is 84.2 Å². The highest BCUT2D eigenvalue weighted by atomic mass is 32.2. The lowest BCUT2D eigenvalue weighted by Crippen LogP contribution is -2.50. The van der Waals surface area contributed by atoms with Crippen LogP contribution < -0.4 is 16.4 Å². The van der Waals surface area contributed by atoms with Crippen LogP contribution >= 0.6 is 23.1 Å². The Kier molecular flexibility index (Phi) is 4.93. The predicted octanol–water partition coefficient (Wildman–Crippen LogP) is 2.67. The minimum absolute atomic E-state index is 0.198. The molecule has 1 aliphatic rings. The lowest BCUT2D eigenvalue weighted by Gasteiger charge is -2.24. The maximum Gasteiger partial charge on any atom is 0.248 e. The lowest BCUT2D eigenvalue weighted by atomic mass is 10.1. The van der Waals surface area contributed by atoms with Crippen LogP contribution in [0.2, 0.25) is 0 Å². The van der Waals surface area contributed by atoms with Crippen molar-refractivity contribution in [2.45, 2.75) is 36.1 Å². The van der Waals surface area contributed by atoms with Gasteiger partial charge in [-0.15, -0.1) is 23.1 Å². The molecule has 2 aromatic rings. The highest BCUT2D eigenvalue weighted by molar-refractivity contribution is 8.00. The van der Waals surface area contributed by atoms with Crippen LogP contribution in [0.15, 0.2) is 40.6 Å². The second kappa shape index (κ2) is 6.96. The van der Waals surface area contributed by atoms with E-state index in [-0.39, 0.29) is 17.1 Å². The van der Waals surface area contributed by atoms with Crippen molar-refractivity contribution in [2.24, 2.45) is 5.73 Å². The van der Waals surface area contributed by atoms with E-state index in [2.05, 4.69) is 10.6 Å². The quantitative estimate of drug-likeness (QED) is 0.785. The second-order valence-corrected chi connectivity index (χ2v) is 7.90. The molecule has 4 N–H and O–H groups in total. The zero-order valence-electron chi connectivity index (χ0n) is 13.4. The first kappa shape index (κ1) is 17.0. The van der Waals surface area contributed by atoms with E-state index in [1.54, 1.807) is 30.0 Å². The maximum absolute atomic E-state index is 12.8. The molecule has 2 heterocycles. The molecule has 2 amide bonds. The van der Waals surface area contributed by atoms with Crippen molar-refractivity contribution >= 4 is 40.6 Å². The van der Waals surface area contributed by atoms with Gasteiger partial charge in [0.1, 0.15) is 6.04 Å². The van der Waals surface area contributed by atoms with Crippen LogP contribution in [0, 0.1) is 6.92 Å². The Balaban J connectivity index is 2.02. The van der Waals surface area contributed by atoms with Gasteiger partial charge in [0.2, 0.25) is 11.8 Å². The van der Waals surface area contributed by atoms with Crippen LogP contribution in [0.4, 0.5) is 5.69 Å². The van der Waals surface area contributed by atoms with E-state index < -0.39 is 12.1 Å². The molecule has 5 nitrogen and oxygen atoms in total. The van der Waals surface area contributed by atoms with E-state index in [1.165, 1.54) is 0 Å². The van der Waals surface area contributed by atoms with Crippen LogP contribution in [0.5, 0.6) is 0 Å². The second-order valence-electron chi connectivity index (χ2n) is 5.77. The minimum Gasteiger partial charge on any atom is -0.342 e. The molecule has 7 heteroatoms. The summed E-state index contributed by atoms with van der Waals surface area (Å²) in [6, 6.07) is 8.35. The van der Waals surface area contributed by atoms with Gasteiger partial charge in [0.25, 0.3) is 0 Å². The number of benzene rings is 1. The predicted molar refractivity (Wildman–Crippen MR) is 98.3 cm³/mol. The molecule has 24 heavy (non-hydrogen) atoms. The smallest absolute Gasteiger partial charge is 0.248 e. The number of thioether (sulfide) groups is 1. The Morgan fingerprint density at radius 2 is 2.08 bits per heavy atom. The Labute approximate surface area is 149 Å². The van der Waals surface area contributed by atoms with E-state index >= 15 is 0 Å². The molecule has 0 saturated carbocycles. The number of aryl methyl sites for hydroxylation is 1. The summed E-state index contributed by atoms with van der Waals surface area (Å²) >= 11 is 3.18. The van der Waals surface area contributed by atoms with E-state index in [9.17, 15) is 9.59 Å². The standard InChI is InChI=1S/C17H19N3O2S2/c1-9-7-8-23-14(9)15-13(20-16(21)10(2)18)17(22)19-11-5-3-4-6-12(11)24-15/h3-8,10,13,15H,18H2,1-2H3,(H,19,22)(H,20,21)/t10-,13-,15-/m0/s1. The molecule has 126 valence electrons. The number of nitrogens with two attached hydrogens (primary N) is 1. The summed E-state index contributed by atoms with van der Waals surface area (Å²) in [7, 11) is 0. The molecule has 0 aliphatic carbocycles. The summed E-state index contributed by atoms with van der Waals surface area (Å²) in [5, 5.41) is 7.54. The molecule has 1 aliphatic heterocycles. The number of rotatable bonds is 3. The van der Waals surface area contributed by atoms with Crippen molar-refractivity contribution in [1.82, 2.24) is 5.32 Å². The molecule has 3 atom stereocenters. The number of nitrogens with one attached hydrogen (secondary N) is 2. The number of hydrogen-bond donors (Lipinski definition) is 3. The maximum atomic E-state index is 12.8. The number of thiophene rings is 1. The highest BCUT2D eigenvalue weighted by Crippen LogP contribution is 2.46. The summed E-state index contributed by atoms with van der Waals surface area (Å²) in [5.41, 5.74) is 7.55. The van der Waals surface area contributed by atoms with Crippen molar-refractivity contribution in [2.75, 3.05) is 5.32 Å². The van der Waals surface area contributed by atoms with Gasteiger partial charge in [-0.2, -0.15) is 0 Å². The summed E-state index contributed by atoms with van der Waals surface area (Å²) in [5.74, 6) is -0.555. The fourth-order valence-electron chi connectivity index (χ4n) is 2.53. The number of fused-ring (bicyclic) bond motifs is 1. The van der Waals surface area contributed by atoms with Crippen molar-refractivity contribution in [3.8, 4) is 0 Å². The van der Waals surface area contributed by atoms with Crippen molar-refractivity contribution in [3.05, 3.63) is 46.2 Å². The molecule has 0 unspecified atom stereocenters. The average molecular weight is 361 g/mol. The zero-order valence-corrected chi connectivity index (χ0v) is 15.0. The van der Waals surface area contributed by atoms with Gasteiger partial charge >= 0.3 is 0 Å². The summed E-state index contributed by atoms with van der Waals surface area (Å²) in [6.07, 6.45) is 0. The van der Waals surface area contributed by atoms with E-state index in [1.807, 2.05) is 42.6 Å². The van der Waals surface area contributed by atoms with Crippen LogP contribution in [-0.2, 0) is 9.59 Å². The largest absolute Gasteiger partial charge is 0.342 e. The molecule has 0 spiro atoms. The van der Waals surface area contributed by atoms with Crippen LogP contribution in [0.3, 0.4) is 0 Å². The third-order valence-electron chi connectivity index (χ3n) is 3.86. The summed E-state index contributed by atoms with van der Waals surface area (Å²) in [6.45, 7) is 3.63. The lowest BCUT2D eigenvalue weighted by molar-refractivity contribution is -0.127. The number of para-hydroxylation sites is 1. The molecule has 1 aromatic carbocycles. The third-order valence-corrected chi connectivity index (χ3v) is 6.48. The fourth-order valence-corrected chi connectivity index (χ4v) is 5.08. The molecule has 0 saturated heterocycles. The number of anilines is 1. The SMILES string of the molecule is Cc1ccsc1[C@H]1Sc2ccccc2NC(=O)[C@H]1NC(=O)[C@H](C)N. The number of carbonyl (C=O) groups excluding carboxylic acids is 2. The van der Waals surface area contributed by atoms with Gasteiger partial charge < -0.3 is 16.4 Å². The Morgan fingerprint density at radius 1 is 1.33 bits per heavy atom. The van der Waals surface area contributed by atoms with Gasteiger partial charge in [0.05, 0.1) is 17.0 Å². The fraction of sp³-hybridized carbons (Fsp3) is 0.294. The first-order valence-electron chi connectivity index (χ1n) is 7.64. The Morgan fingerprint density at radius 3 is 2.75 bits per heavy atom. The molecular formula is C17H19N3O2S2.